The summed E-state index contributed by atoms with van der Waals surface area (Å²) < 4.78 is 0. The number of piperidine rings is 1. The number of pyridine rings is 1. The first-order valence-corrected chi connectivity index (χ1v) is 7.62. The normalized spacial score (nSPS) is 18.0. The molecule has 2 rings (SSSR count). The molecule has 1 aromatic heterocycles. The van der Waals surface area contributed by atoms with Crippen molar-refractivity contribution in [3.05, 3.63) is 29.6 Å². The molecule has 1 aromatic rings. The van der Waals surface area contributed by atoms with Gasteiger partial charge in [0.25, 0.3) is 0 Å². The molecule has 0 saturated carbocycles. The van der Waals surface area contributed by atoms with Crippen LogP contribution in [0.2, 0.25) is 0 Å². The van der Waals surface area contributed by atoms with Crippen molar-refractivity contribution in [1.29, 1.82) is 0 Å². The Bertz CT molecular complexity index is 469. The van der Waals surface area contributed by atoms with Crippen LogP contribution in [-0.2, 0) is 6.54 Å². The van der Waals surface area contributed by atoms with Gasteiger partial charge in [0, 0.05) is 18.8 Å². The zero-order chi connectivity index (χ0) is 15.1. The molecule has 0 atom stereocenters. The number of aromatic nitrogens is 1. The van der Waals surface area contributed by atoms with E-state index in [0.717, 1.165) is 18.7 Å². The maximum Gasteiger partial charge on any atom is 0.189 e. The molecule has 1 aliphatic rings. The minimum Gasteiger partial charge on any atom is -0.409 e. The van der Waals surface area contributed by atoms with Crippen molar-refractivity contribution < 1.29 is 5.21 Å². The molecular weight excluding hydrogens is 266 g/mol. The average Bonchev–Trinajstić information content (AvgIpc) is 2.54. The molecule has 0 bridgehead atoms. The fourth-order valence-corrected chi connectivity index (χ4v) is 2.79. The van der Waals surface area contributed by atoms with Gasteiger partial charge in [-0.25, -0.2) is 0 Å². The molecule has 116 valence electrons. The van der Waals surface area contributed by atoms with Crippen molar-refractivity contribution in [3.8, 4) is 0 Å². The molecule has 0 aromatic carbocycles. The van der Waals surface area contributed by atoms with Crippen LogP contribution in [0.25, 0.3) is 0 Å². The predicted molar refractivity (Wildman–Crippen MR) is 83.3 cm³/mol. The average molecular weight is 291 g/mol. The Kier molecular flexibility index (Phi) is 5.95. The Hall–Kier alpha value is -1.66. The van der Waals surface area contributed by atoms with E-state index in [2.05, 4.69) is 27.3 Å². The molecule has 0 amide bonds. The Balaban J connectivity index is 1.87. The SMILES string of the molecule is CCCN1CCC(NCc2cccnc2C(N)=NO)CC1. The highest BCUT2D eigenvalue weighted by Gasteiger charge is 2.18. The maximum absolute atomic E-state index is 8.81. The topological polar surface area (TPSA) is 86.8 Å². The Morgan fingerprint density at radius 1 is 1.52 bits per heavy atom. The highest BCUT2D eigenvalue weighted by Crippen LogP contribution is 2.12. The highest BCUT2D eigenvalue weighted by molar-refractivity contribution is 5.96. The van der Waals surface area contributed by atoms with Crippen molar-refractivity contribution in [2.24, 2.45) is 10.9 Å². The minimum atomic E-state index is 0.0603. The fourth-order valence-electron chi connectivity index (χ4n) is 2.79. The fraction of sp³-hybridized carbons (Fsp3) is 0.600. The van der Waals surface area contributed by atoms with Gasteiger partial charge in [-0.15, -0.1) is 0 Å². The Morgan fingerprint density at radius 3 is 2.95 bits per heavy atom. The van der Waals surface area contributed by atoms with Gasteiger partial charge >= 0.3 is 0 Å². The van der Waals surface area contributed by atoms with Crippen LogP contribution in [0.1, 0.15) is 37.4 Å². The van der Waals surface area contributed by atoms with Crippen molar-refractivity contribution in [2.75, 3.05) is 19.6 Å². The van der Waals surface area contributed by atoms with Gasteiger partial charge in [-0.1, -0.05) is 18.1 Å². The van der Waals surface area contributed by atoms with Crippen LogP contribution in [0, 0.1) is 0 Å². The molecule has 4 N–H and O–H groups in total. The summed E-state index contributed by atoms with van der Waals surface area (Å²) >= 11 is 0. The van der Waals surface area contributed by atoms with E-state index in [1.165, 1.54) is 25.8 Å². The van der Waals surface area contributed by atoms with E-state index in [1.807, 2.05) is 12.1 Å². The monoisotopic (exact) mass is 291 g/mol. The smallest absolute Gasteiger partial charge is 0.189 e. The van der Waals surface area contributed by atoms with Gasteiger partial charge < -0.3 is 21.2 Å². The third kappa shape index (κ3) is 4.41. The third-order valence-electron chi connectivity index (χ3n) is 3.95. The largest absolute Gasteiger partial charge is 0.409 e. The maximum atomic E-state index is 8.81. The van der Waals surface area contributed by atoms with Gasteiger partial charge in [-0.2, -0.15) is 0 Å². The van der Waals surface area contributed by atoms with Gasteiger partial charge in [0.2, 0.25) is 0 Å². The molecule has 1 fully saturated rings. The van der Waals surface area contributed by atoms with Crippen LogP contribution in [0.4, 0.5) is 0 Å². The van der Waals surface area contributed by atoms with Crippen LogP contribution in [0.15, 0.2) is 23.5 Å². The van der Waals surface area contributed by atoms with Crippen LogP contribution < -0.4 is 11.1 Å². The van der Waals surface area contributed by atoms with Crippen molar-refractivity contribution in [1.82, 2.24) is 15.2 Å². The van der Waals surface area contributed by atoms with Gasteiger partial charge in [-0.3, -0.25) is 4.98 Å². The molecule has 6 nitrogen and oxygen atoms in total. The zero-order valence-corrected chi connectivity index (χ0v) is 12.6. The standard InChI is InChI=1S/C15H25N5O/c1-2-8-20-9-5-13(6-10-20)18-11-12-4-3-7-17-14(12)15(16)19-21/h3-4,7,13,18,21H,2,5-6,8-11H2,1H3,(H2,16,19). The van der Waals surface area contributed by atoms with Crippen molar-refractivity contribution >= 4 is 5.84 Å². The summed E-state index contributed by atoms with van der Waals surface area (Å²) in [6, 6.07) is 4.35. The molecule has 2 heterocycles. The number of hydrogen-bond donors (Lipinski definition) is 3. The molecule has 0 aliphatic carbocycles. The second kappa shape index (κ2) is 7.95. The minimum absolute atomic E-state index is 0.0603. The highest BCUT2D eigenvalue weighted by atomic mass is 16.4. The first-order chi connectivity index (χ1) is 10.2. The summed E-state index contributed by atoms with van der Waals surface area (Å²) in [5.74, 6) is 0.0603. The quantitative estimate of drug-likeness (QED) is 0.317. The number of oxime groups is 1. The second-order valence-electron chi connectivity index (χ2n) is 5.49. The first kappa shape index (κ1) is 15.7. The van der Waals surface area contributed by atoms with E-state index in [1.54, 1.807) is 6.20 Å². The third-order valence-corrected chi connectivity index (χ3v) is 3.95. The summed E-state index contributed by atoms with van der Waals surface area (Å²) in [4.78, 5) is 6.70. The Labute approximate surface area is 126 Å². The molecule has 0 spiro atoms. The molecule has 6 heteroatoms. The van der Waals surface area contributed by atoms with Crippen LogP contribution >= 0.6 is 0 Å². The van der Waals surface area contributed by atoms with Crippen LogP contribution in [-0.4, -0.2) is 46.6 Å². The predicted octanol–water partition coefficient (Wildman–Crippen LogP) is 1.14. The second-order valence-corrected chi connectivity index (χ2v) is 5.49. The summed E-state index contributed by atoms with van der Waals surface area (Å²) in [5.41, 5.74) is 7.17. The molecule has 21 heavy (non-hydrogen) atoms. The molecule has 1 aliphatic heterocycles. The summed E-state index contributed by atoms with van der Waals surface area (Å²) in [6.07, 6.45) is 5.20. The van der Waals surface area contributed by atoms with Gasteiger partial charge in [0.1, 0.15) is 5.69 Å². The zero-order valence-electron chi connectivity index (χ0n) is 12.6. The lowest BCUT2D eigenvalue weighted by Crippen LogP contribution is -2.42. The number of nitrogens with one attached hydrogen (secondary N) is 1. The number of nitrogens with two attached hydrogens (primary N) is 1. The van der Waals surface area contributed by atoms with Gasteiger partial charge in [-0.05, 0) is 50.5 Å². The Morgan fingerprint density at radius 2 is 2.29 bits per heavy atom. The molecule has 1 saturated heterocycles. The van der Waals surface area contributed by atoms with Gasteiger partial charge in [0.05, 0.1) is 0 Å². The number of nitrogens with zero attached hydrogens (tertiary/aromatic N) is 3. The number of rotatable bonds is 6. The lowest BCUT2D eigenvalue weighted by molar-refractivity contribution is 0.197. The first-order valence-electron chi connectivity index (χ1n) is 7.62. The lowest BCUT2D eigenvalue weighted by atomic mass is 10.0. The number of amidine groups is 1. The lowest BCUT2D eigenvalue weighted by Gasteiger charge is -2.32. The van der Waals surface area contributed by atoms with E-state index < -0.39 is 0 Å². The summed E-state index contributed by atoms with van der Waals surface area (Å²) in [6.45, 7) is 6.43. The number of likely N-dealkylation sites (tertiary alicyclic amines) is 1. The molecular formula is C15H25N5O. The van der Waals surface area contributed by atoms with Crippen molar-refractivity contribution in [2.45, 2.75) is 38.8 Å². The molecule has 0 radical (unpaired) electrons. The van der Waals surface area contributed by atoms with Gasteiger partial charge in [0.15, 0.2) is 5.84 Å². The van der Waals surface area contributed by atoms with E-state index in [4.69, 9.17) is 10.9 Å². The van der Waals surface area contributed by atoms with E-state index in [0.29, 0.717) is 18.3 Å². The molecule has 0 unspecified atom stereocenters. The number of hydrogen-bond acceptors (Lipinski definition) is 5. The van der Waals surface area contributed by atoms with Crippen LogP contribution in [0.5, 0.6) is 0 Å². The van der Waals surface area contributed by atoms with Crippen molar-refractivity contribution in [3.63, 3.8) is 0 Å². The summed E-state index contributed by atoms with van der Waals surface area (Å²) in [5, 5.41) is 15.4. The van der Waals surface area contributed by atoms with E-state index >= 15 is 0 Å². The van der Waals surface area contributed by atoms with E-state index in [-0.39, 0.29) is 5.84 Å². The van der Waals surface area contributed by atoms with E-state index in [9.17, 15) is 0 Å². The van der Waals surface area contributed by atoms with Crippen LogP contribution in [0.3, 0.4) is 0 Å². The summed E-state index contributed by atoms with van der Waals surface area (Å²) in [7, 11) is 0.